The van der Waals surface area contributed by atoms with Gasteiger partial charge in [0.15, 0.2) is 5.96 Å². The number of aliphatic imine (C=N–C) groups is 1. The summed E-state index contributed by atoms with van der Waals surface area (Å²) in [6.45, 7) is 9.88. The molecule has 1 unspecified atom stereocenters. The van der Waals surface area contributed by atoms with E-state index in [4.69, 9.17) is 26.1 Å². The number of ether oxygens (including phenoxy) is 2. The number of morpholine rings is 1. The van der Waals surface area contributed by atoms with Crippen LogP contribution >= 0.6 is 35.6 Å². The average molecular weight is 565 g/mol. The predicted molar refractivity (Wildman–Crippen MR) is 139 cm³/mol. The molecule has 3 rings (SSSR count). The Balaban J connectivity index is 0.00000341. The van der Waals surface area contributed by atoms with Gasteiger partial charge in [-0.25, -0.2) is 0 Å². The van der Waals surface area contributed by atoms with Crippen LogP contribution < -0.4 is 5.32 Å². The van der Waals surface area contributed by atoms with Crippen LogP contribution in [-0.2, 0) is 9.47 Å². The molecule has 0 bridgehead atoms. The smallest absolute Gasteiger partial charge is 0.193 e. The SMILES string of the molecule is CCNC(=NCC(c1cccc(Cl)c1)N1CCOCC1)N(C)CCC1CCOCC1.I. The topological polar surface area (TPSA) is 49.3 Å². The number of nitrogens with zero attached hydrogens (tertiary/aromatic N) is 3. The number of nitrogens with one attached hydrogen (secondary N) is 1. The molecule has 1 aromatic carbocycles. The minimum absolute atomic E-state index is 0. The van der Waals surface area contributed by atoms with Gasteiger partial charge in [-0.1, -0.05) is 23.7 Å². The lowest BCUT2D eigenvalue weighted by Gasteiger charge is -2.34. The molecule has 0 radical (unpaired) electrons. The standard InChI is InChI=1S/C23H37ClN4O2.HI/c1-3-25-23(27(2)10-7-19-8-13-29-14-9-19)26-18-22(28-11-15-30-16-12-28)20-5-4-6-21(24)17-20;/h4-6,17,19,22H,3,7-16,18H2,1-2H3,(H,25,26);1H. The molecule has 2 fully saturated rings. The third kappa shape index (κ3) is 8.68. The maximum absolute atomic E-state index is 6.30. The number of benzene rings is 1. The van der Waals surface area contributed by atoms with Gasteiger partial charge in [0.05, 0.1) is 25.8 Å². The Kier molecular flexibility index (Phi) is 12.5. The summed E-state index contributed by atoms with van der Waals surface area (Å²) in [5, 5.41) is 4.25. The van der Waals surface area contributed by atoms with Crippen LogP contribution in [-0.4, -0.2) is 82.0 Å². The maximum atomic E-state index is 6.30. The van der Waals surface area contributed by atoms with E-state index in [-0.39, 0.29) is 30.0 Å². The molecule has 6 nitrogen and oxygen atoms in total. The maximum Gasteiger partial charge on any atom is 0.193 e. The van der Waals surface area contributed by atoms with Crippen molar-refractivity contribution < 1.29 is 9.47 Å². The average Bonchev–Trinajstić information content (AvgIpc) is 2.78. The van der Waals surface area contributed by atoms with E-state index < -0.39 is 0 Å². The van der Waals surface area contributed by atoms with Crippen LogP contribution in [0.4, 0.5) is 0 Å². The third-order valence-corrected chi connectivity index (χ3v) is 6.28. The summed E-state index contributed by atoms with van der Waals surface area (Å²) >= 11 is 6.30. The van der Waals surface area contributed by atoms with Crippen molar-refractivity contribution >= 4 is 41.5 Å². The molecular weight excluding hydrogens is 527 g/mol. The molecule has 0 amide bonds. The summed E-state index contributed by atoms with van der Waals surface area (Å²) < 4.78 is 11.1. The van der Waals surface area contributed by atoms with Gasteiger partial charge >= 0.3 is 0 Å². The Hall–Kier alpha value is -0.610. The van der Waals surface area contributed by atoms with E-state index in [1.165, 1.54) is 24.8 Å². The number of hydrogen-bond acceptors (Lipinski definition) is 4. The van der Waals surface area contributed by atoms with Gasteiger partial charge in [-0.3, -0.25) is 9.89 Å². The first-order valence-corrected chi connectivity index (χ1v) is 11.7. The molecule has 176 valence electrons. The first-order valence-electron chi connectivity index (χ1n) is 11.3. The highest BCUT2D eigenvalue weighted by molar-refractivity contribution is 14.0. The van der Waals surface area contributed by atoms with E-state index >= 15 is 0 Å². The van der Waals surface area contributed by atoms with Crippen molar-refractivity contribution in [3.05, 3.63) is 34.9 Å². The van der Waals surface area contributed by atoms with E-state index in [1.54, 1.807) is 0 Å². The van der Waals surface area contributed by atoms with Crippen LogP contribution in [0, 0.1) is 5.92 Å². The molecule has 8 heteroatoms. The second kappa shape index (κ2) is 14.5. The zero-order chi connectivity index (χ0) is 21.2. The van der Waals surface area contributed by atoms with Crippen LogP contribution in [0.5, 0.6) is 0 Å². The fraction of sp³-hybridized carbons (Fsp3) is 0.696. The van der Waals surface area contributed by atoms with E-state index in [2.05, 4.69) is 41.2 Å². The molecule has 1 atom stereocenters. The minimum atomic E-state index is 0. The molecule has 0 spiro atoms. The van der Waals surface area contributed by atoms with Gasteiger partial charge in [-0.15, -0.1) is 24.0 Å². The minimum Gasteiger partial charge on any atom is -0.381 e. The summed E-state index contributed by atoms with van der Waals surface area (Å²) in [4.78, 5) is 9.77. The Morgan fingerprint density at radius 2 is 1.94 bits per heavy atom. The first kappa shape index (κ1) is 26.6. The van der Waals surface area contributed by atoms with Gasteiger partial charge in [-0.05, 0) is 49.8 Å². The van der Waals surface area contributed by atoms with Gasteiger partial charge < -0.3 is 19.7 Å². The van der Waals surface area contributed by atoms with Gasteiger partial charge in [0.2, 0.25) is 0 Å². The molecule has 0 saturated carbocycles. The second-order valence-electron chi connectivity index (χ2n) is 8.18. The van der Waals surface area contributed by atoms with Crippen molar-refractivity contribution in [3.8, 4) is 0 Å². The molecule has 1 N–H and O–H groups in total. The molecule has 2 heterocycles. The van der Waals surface area contributed by atoms with Crippen molar-refractivity contribution in [2.75, 3.05) is 66.2 Å². The predicted octanol–water partition coefficient (Wildman–Crippen LogP) is 4.05. The highest BCUT2D eigenvalue weighted by Crippen LogP contribution is 2.25. The van der Waals surface area contributed by atoms with E-state index in [1.807, 2.05) is 12.1 Å². The Morgan fingerprint density at radius 3 is 2.61 bits per heavy atom. The van der Waals surface area contributed by atoms with Crippen LogP contribution in [0.3, 0.4) is 0 Å². The largest absolute Gasteiger partial charge is 0.381 e. The van der Waals surface area contributed by atoms with E-state index in [0.717, 1.165) is 69.5 Å². The molecule has 1 aromatic rings. The quantitative estimate of drug-likeness (QED) is 0.293. The highest BCUT2D eigenvalue weighted by Gasteiger charge is 2.23. The monoisotopic (exact) mass is 564 g/mol. The lowest BCUT2D eigenvalue weighted by Crippen LogP contribution is -2.42. The number of guanidine groups is 1. The Labute approximate surface area is 209 Å². The van der Waals surface area contributed by atoms with Crippen molar-refractivity contribution in [1.29, 1.82) is 0 Å². The molecular formula is C23H38ClIN4O2. The number of halogens is 2. The fourth-order valence-electron chi connectivity index (χ4n) is 4.19. The van der Waals surface area contributed by atoms with Crippen molar-refractivity contribution in [2.24, 2.45) is 10.9 Å². The lowest BCUT2D eigenvalue weighted by molar-refractivity contribution is 0.0179. The van der Waals surface area contributed by atoms with Crippen molar-refractivity contribution in [3.63, 3.8) is 0 Å². The van der Waals surface area contributed by atoms with Crippen LogP contribution in [0.25, 0.3) is 0 Å². The summed E-state index contributed by atoms with van der Waals surface area (Å²) in [6, 6.07) is 8.38. The molecule has 0 aliphatic carbocycles. The molecule has 0 aromatic heterocycles. The van der Waals surface area contributed by atoms with E-state index in [0.29, 0.717) is 6.54 Å². The van der Waals surface area contributed by atoms with Gasteiger partial charge in [0.25, 0.3) is 0 Å². The summed E-state index contributed by atoms with van der Waals surface area (Å²) in [7, 11) is 2.14. The summed E-state index contributed by atoms with van der Waals surface area (Å²) in [6.07, 6.45) is 3.54. The summed E-state index contributed by atoms with van der Waals surface area (Å²) in [5.41, 5.74) is 1.22. The zero-order valence-electron chi connectivity index (χ0n) is 18.9. The van der Waals surface area contributed by atoms with E-state index in [9.17, 15) is 0 Å². The highest BCUT2D eigenvalue weighted by atomic mass is 127. The van der Waals surface area contributed by atoms with Gasteiger partial charge in [0.1, 0.15) is 0 Å². The molecule has 2 aliphatic heterocycles. The lowest BCUT2D eigenvalue weighted by atomic mass is 9.96. The van der Waals surface area contributed by atoms with Crippen LogP contribution in [0.2, 0.25) is 5.02 Å². The molecule has 31 heavy (non-hydrogen) atoms. The van der Waals surface area contributed by atoms with Crippen LogP contribution in [0.15, 0.2) is 29.3 Å². The normalized spacial score (nSPS) is 19.5. The number of rotatable bonds is 8. The number of hydrogen-bond donors (Lipinski definition) is 1. The first-order chi connectivity index (χ1) is 14.7. The van der Waals surface area contributed by atoms with Crippen LogP contribution in [0.1, 0.15) is 37.8 Å². The van der Waals surface area contributed by atoms with Crippen molar-refractivity contribution in [1.82, 2.24) is 15.1 Å². The fourth-order valence-corrected chi connectivity index (χ4v) is 4.39. The molecule has 2 aliphatic rings. The Morgan fingerprint density at radius 1 is 1.23 bits per heavy atom. The third-order valence-electron chi connectivity index (χ3n) is 6.04. The zero-order valence-corrected chi connectivity index (χ0v) is 22.0. The Bertz CT molecular complexity index is 667. The summed E-state index contributed by atoms with van der Waals surface area (Å²) in [5.74, 6) is 1.74. The second-order valence-corrected chi connectivity index (χ2v) is 8.62. The molecule has 2 saturated heterocycles. The van der Waals surface area contributed by atoms with Gasteiger partial charge in [-0.2, -0.15) is 0 Å². The van der Waals surface area contributed by atoms with Gasteiger partial charge in [0, 0.05) is 51.5 Å². The van der Waals surface area contributed by atoms with Crippen molar-refractivity contribution in [2.45, 2.75) is 32.2 Å².